The molecule has 1 aliphatic carbocycles. The number of carbonyl (C=O) groups excluding carboxylic acids is 2. The Bertz CT molecular complexity index is 1370. The van der Waals surface area contributed by atoms with Gasteiger partial charge in [-0.2, -0.15) is 8.78 Å². The number of ether oxygens (including phenoxy) is 2. The molecule has 1 saturated carbocycles. The van der Waals surface area contributed by atoms with Crippen molar-refractivity contribution in [2.75, 3.05) is 6.61 Å². The number of carbonyl (C=O) groups is 2. The van der Waals surface area contributed by atoms with Crippen LogP contribution in [0.15, 0.2) is 40.8 Å². The average Bonchev–Trinajstić information content (AvgIpc) is 3.61. The summed E-state index contributed by atoms with van der Waals surface area (Å²) in [4.78, 5) is 29.7. The Balaban J connectivity index is 0.00000294. The fraction of sp³-hybridized carbons (Fsp3) is 0.320. The predicted molar refractivity (Wildman–Crippen MR) is 143 cm³/mol. The molecule has 0 radical (unpaired) electrons. The van der Waals surface area contributed by atoms with E-state index >= 15 is 0 Å². The number of nitrogens with one attached hydrogen (secondary N) is 2. The van der Waals surface area contributed by atoms with Crippen molar-refractivity contribution in [1.29, 1.82) is 0 Å². The molecule has 1 heterocycles. The van der Waals surface area contributed by atoms with Crippen LogP contribution in [0.25, 0.3) is 11.5 Å². The number of benzene rings is 2. The van der Waals surface area contributed by atoms with E-state index < -0.39 is 42.1 Å². The number of alkyl halides is 2. The third-order valence-electron chi connectivity index (χ3n) is 5.81. The van der Waals surface area contributed by atoms with Crippen LogP contribution >= 0.6 is 24.8 Å². The molecule has 16 heteroatoms. The van der Waals surface area contributed by atoms with Crippen molar-refractivity contribution in [3.8, 4) is 23.0 Å². The molecule has 2 amide bonds. The van der Waals surface area contributed by atoms with Crippen LogP contribution < -0.4 is 31.8 Å². The fourth-order valence-electron chi connectivity index (χ4n) is 3.67. The van der Waals surface area contributed by atoms with Gasteiger partial charge in [0.05, 0.1) is 12.6 Å². The topological polar surface area (TPSA) is 155 Å². The molecule has 0 bridgehead atoms. The van der Waals surface area contributed by atoms with E-state index in [1.807, 2.05) is 5.43 Å². The minimum absolute atomic E-state index is 0. The maximum absolute atomic E-state index is 14.4. The second-order valence-corrected chi connectivity index (χ2v) is 8.90. The second kappa shape index (κ2) is 14.3. The van der Waals surface area contributed by atoms with Gasteiger partial charge >= 0.3 is 6.61 Å². The van der Waals surface area contributed by atoms with E-state index in [0.717, 1.165) is 25.0 Å². The molecule has 0 saturated heterocycles. The number of nitrogens with two attached hydrogens (primary N) is 2. The van der Waals surface area contributed by atoms with Gasteiger partial charge in [0.25, 0.3) is 11.8 Å². The molecule has 224 valence electrons. The first-order valence-electron chi connectivity index (χ1n) is 11.8. The number of amides is 2. The highest BCUT2D eigenvalue weighted by atomic mass is 35.5. The summed E-state index contributed by atoms with van der Waals surface area (Å²) in [6.07, 6.45) is 1.93. The lowest BCUT2D eigenvalue weighted by Gasteiger charge is -2.18. The zero-order chi connectivity index (χ0) is 28.3. The van der Waals surface area contributed by atoms with Gasteiger partial charge in [0.15, 0.2) is 23.0 Å². The Morgan fingerprint density at radius 2 is 1.83 bits per heavy atom. The van der Waals surface area contributed by atoms with Gasteiger partial charge in [0.1, 0.15) is 17.7 Å². The standard InChI is InChI=1S/C25H25F4N5O5.2ClH/c1-11(30)21-20(22(35)32-19(23(36)34-31)15-6-5-14(26)9-16(15)27)33-24(39-21)13-4-7-17(38-25(28)29)18(8-13)37-10-12-2-3-12;;/h4-9,11-12,19,25H,2-3,10,30-31H2,1H3,(H,32,35)(H,34,36);2*1H/t11-,19+;;/m0../s1. The van der Waals surface area contributed by atoms with Gasteiger partial charge in [-0.15, -0.1) is 24.8 Å². The molecule has 0 spiro atoms. The smallest absolute Gasteiger partial charge is 0.387 e. The van der Waals surface area contributed by atoms with Crippen LogP contribution in [0.4, 0.5) is 17.6 Å². The van der Waals surface area contributed by atoms with Crippen LogP contribution in [0.1, 0.15) is 53.7 Å². The zero-order valence-electron chi connectivity index (χ0n) is 21.4. The van der Waals surface area contributed by atoms with Crippen molar-refractivity contribution >= 4 is 36.6 Å². The minimum atomic E-state index is -3.08. The molecule has 4 rings (SSSR count). The minimum Gasteiger partial charge on any atom is -0.489 e. The summed E-state index contributed by atoms with van der Waals surface area (Å²) in [7, 11) is 0. The number of hydrogen-bond donors (Lipinski definition) is 4. The summed E-state index contributed by atoms with van der Waals surface area (Å²) < 4.78 is 69.5. The molecule has 6 N–H and O–H groups in total. The first kappa shape index (κ1) is 33.6. The predicted octanol–water partition coefficient (Wildman–Crippen LogP) is 4.33. The van der Waals surface area contributed by atoms with E-state index in [1.54, 1.807) is 0 Å². The van der Waals surface area contributed by atoms with Gasteiger partial charge in [-0.25, -0.2) is 19.6 Å². The van der Waals surface area contributed by atoms with E-state index in [1.165, 1.54) is 25.1 Å². The Morgan fingerprint density at radius 1 is 1.12 bits per heavy atom. The molecule has 1 aliphatic rings. The molecule has 41 heavy (non-hydrogen) atoms. The third-order valence-corrected chi connectivity index (χ3v) is 5.81. The van der Waals surface area contributed by atoms with Crippen LogP contribution in [-0.2, 0) is 4.79 Å². The number of rotatable bonds is 11. The van der Waals surface area contributed by atoms with E-state index in [0.29, 0.717) is 18.6 Å². The number of aromatic nitrogens is 1. The van der Waals surface area contributed by atoms with Crippen LogP contribution in [0.5, 0.6) is 11.5 Å². The molecule has 2 atom stereocenters. The lowest BCUT2D eigenvalue weighted by molar-refractivity contribution is -0.123. The lowest BCUT2D eigenvalue weighted by Crippen LogP contribution is -2.43. The van der Waals surface area contributed by atoms with E-state index in [-0.39, 0.29) is 64.8 Å². The van der Waals surface area contributed by atoms with Crippen molar-refractivity contribution in [3.05, 3.63) is 65.1 Å². The molecular weight excluding hydrogens is 597 g/mol. The summed E-state index contributed by atoms with van der Waals surface area (Å²) >= 11 is 0. The Hall–Kier alpha value is -3.59. The summed E-state index contributed by atoms with van der Waals surface area (Å²) in [5, 5.41) is 2.30. The van der Waals surface area contributed by atoms with Gasteiger partial charge in [0.2, 0.25) is 5.89 Å². The number of hydrazine groups is 1. The molecular formula is C25H27Cl2F4N5O5. The molecule has 0 unspecified atom stereocenters. The molecule has 1 fully saturated rings. The first-order valence-corrected chi connectivity index (χ1v) is 11.8. The van der Waals surface area contributed by atoms with Gasteiger partial charge in [-0.1, -0.05) is 6.07 Å². The van der Waals surface area contributed by atoms with Crippen molar-refractivity contribution in [3.63, 3.8) is 0 Å². The molecule has 1 aromatic heterocycles. The Morgan fingerprint density at radius 3 is 2.41 bits per heavy atom. The van der Waals surface area contributed by atoms with Crippen molar-refractivity contribution in [1.82, 2.24) is 15.7 Å². The maximum atomic E-state index is 14.4. The van der Waals surface area contributed by atoms with Crippen LogP contribution in [0, 0.1) is 17.6 Å². The molecule has 0 aliphatic heterocycles. The highest BCUT2D eigenvalue weighted by Crippen LogP contribution is 2.37. The quantitative estimate of drug-likeness (QED) is 0.106. The van der Waals surface area contributed by atoms with E-state index in [9.17, 15) is 27.2 Å². The number of oxazole rings is 1. The first-order chi connectivity index (χ1) is 18.6. The van der Waals surface area contributed by atoms with E-state index in [2.05, 4.69) is 15.0 Å². The summed E-state index contributed by atoms with van der Waals surface area (Å²) in [5.74, 6) is 1.20. The fourth-order valence-corrected chi connectivity index (χ4v) is 3.67. The monoisotopic (exact) mass is 623 g/mol. The Labute approximate surface area is 243 Å². The second-order valence-electron chi connectivity index (χ2n) is 8.90. The molecule has 3 aromatic rings. The third kappa shape index (κ3) is 8.22. The summed E-state index contributed by atoms with van der Waals surface area (Å²) in [5.41, 5.74) is 7.35. The van der Waals surface area contributed by atoms with Gasteiger partial charge in [-0.3, -0.25) is 15.0 Å². The van der Waals surface area contributed by atoms with Crippen molar-refractivity contribution in [2.24, 2.45) is 17.5 Å². The number of nitrogens with zero attached hydrogens (tertiary/aromatic N) is 1. The van der Waals surface area contributed by atoms with Crippen molar-refractivity contribution < 1.29 is 41.0 Å². The largest absolute Gasteiger partial charge is 0.489 e. The Kier molecular flexibility index (Phi) is 11.8. The van der Waals surface area contributed by atoms with Crippen LogP contribution in [-0.4, -0.2) is 30.0 Å². The average molecular weight is 624 g/mol. The lowest BCUT2D eigenvalue weighted by atomic mass is 10.0. The van der Waals surface area contributed by atoms with Crippen LogP contribution in [0.2, 0.25) is 0 Å². The van der Waals surface area contributed by atoms with E-state index in [4.69, 9.17) is 20.7 Å². The van der Waals surface area contributed by atoms with Crippen molar-refractivity contribution in [2.45, 2.75) is 38.5 Å². The molecule has 10 nitrogen and oxygen atoms in total. The normalized spacial score (nSPS) is 13.9. The number of hydrogen-bond acceptors (Lipinski definition) is 8. The zero-order valence-corrected chi connectivity index (χ0v) is 23.0. The van der Waals surface area contributed by atoms with Crippen LogP contribution in [0.3, 0.4) is 0 Å². The molecule has 2 aromatic carbocycles. The van der Waals surface area contributed by atoms with Gasteiger partial charge < -0.3 is 24.9 Å². The summed E-state index contributed by atoms with van der Waals surface area (Å²) in [6.45, 7) is -1.27. The maximum Gasteiger partial charge on any atom is 0.387 e. The highest BCUT2D eigenvalue weighted by Gasteiger charge is 2.30. The SMILES string of the molecule is C[C@H](N)c1oc(-c2ccc(OC(F)F)c(OCC3CC3)c2)nc1C(=O)N[C@@H](C(=O)NN)c1ccc(F)cc1F.Cl.Cl. The number of halogens is 6. The van der Waals surface area contributed by atoms with Gasteiger partial charge in [0, 0.05) is 17.2 Å². The highest BCUT2D eigenvalue weighted by molar-refractivity contribution is 5.97. The van der Waals surface area contributed by atoms with Gasteiger partial charge in [-0.05, 0) is 49.9 Å². The summed E-state index contributed by atoms with van der Waals surface area (Å²) in [6, 6.07) is 3.92.